The molecule has 0 saturated carbocycles. The Morgan fingerprint density at radius 2 is 2.26 bits per heavy atom. The van der Waals surface area contributed by atoms with E-state index in [-0.39, 0.29) is 11.3 Å². The molecule has 2 unspecified atom stereocenters. The summed E-state index contributed by atoms with van der Waals surface area (Å²) in [6, 6.07) is 6.95. The van der Waals surface area contributed by atoms with Crippen molar-refractivity contribution in [1.29, 1.82) is 0 Å². The zero-order valence-electron chi connectivity index (χ0n) is 10.9. The van der Waals surface area contributed by atoms with Gasteiger partial charge in [0.2, 0.25) is 0 Å². The van der Waals surface area contributed by atoms with Gasteiger partial charge in [-0.05, 0) is 18.4 Å². The normalized spacial score (nSPS) is 38.8. The largest absolute Gasteiger partial charge is 0.379 e. The lowest BCUT2D eigenvalue weighted by Gasteiger charge is -2.52. The van der Waals surface area contributed by atoms with E-state index in [0.717, 1.165) is 13.0 Å². The highest BCUT2D eigenvalue weighted by molar-refractivity contribution is 8.00. The standard InChI is InChI=1S/C14H19FN2OS/c1-9-10-6-7-18-8-14(10,17-13(16)19-9)11-4-2-3-5-12(11)15/h2-5,9-10,13,17H,6-8,16H2,1H3/t9-,10?,13?,14+/m1/s1. The van der Waals surface area contributed by atoms with E-state index in [0.29, 0.717) is 23.3 Å². The average Bonchev–Trinajstić information content (AvgIpc) is 2.38. The predicted molar refractivity (Wildman–Crippen MR) is 75.2 cm³/mol. The molecule has 3 nitrogen and oxygen atoms in total. The third-order valence-corrected chi connectivity index (χ3v) is 5.39. The zero-order chi connectivity index (χ0) is 13.5. The number of rotatable bonds is 1. The summed E-state index contributed by atoms with van der Waals surface area (Å²) in [7, 11) is 0. The summed E-state index contributed by atoms with van der Waals surface area (Å²) in [6.45, 7) is 3.40. The first kappa shape index (κ1) is 13.4. The molecule has 3 N–H and O–H groups in total. The van der Waals surface area contributed by atoms with Crippen LogP contribution in [0.25, 0.3) is 0 Å². The fourth-order valence-electron chi connectivity index (χ4n) is 3.37. The van der Waals surface area contributed by atoms with E-state index in [1.165, 1.54) is 6.07 Å². The smallest absolute Gasteiger partial charge is 0.128 e. The Hall–Kier alpha value is -0.620. The second-order valence-corrected chi connectivity index (χ2v) is 6.83. The van der Waals surface area contributed by atoms with Gasteiger partial charge >= 0.3 is 0 Å². The summed E-state index contributed by atoms with van der Waals surface area (Å²) in [5.41, 5.74) is 6.08. The zero-order valence-corrected chi connectivity index (χ0v) is 11.8. The van der Waals surface area contributed by atoms with Gasteiger partial charge in [-0.15, -0.1) is 11.8 Å². The number of nitrogens with one attached hydrogen (secondary N) is 1. The van der Waals surface area contributed by atoms with E-state index < -0.39 is 5.54 Å². The minimum Gasteiger partial charge on any atom is -0.379 e. The van der Waals surface area contributed by atoms with Gasteiger partial charge < -0.3 is 10.5 Å². The first-order valence-corrected chi connectivity index (χ1v) is 7.59. The molecular weight excluding hydrogens is 263 g/mol. The van der Waals surface area contributed by atoms with Crippen molar-refractivity contribution in [2.75, 3.05) is 13.2 Å². The van der Waals surface area contributed by atoms with E-state index in [1.54, 1.807) is 17.8 Å². The van der Waals surface area contributed by atoms with Crippen LogP contribution in [0, 0.1) is 11.7 Å². The number of nitrogens with two attached hydrogens (primary N) is 1. The van der Waals surface area contributed by atoms with Gasteiger partial charge in [0.05, 0.1) is 12.1 Å². The summed E-state index contributed by atoms with van der Waals surface area (Å²) in [4.78, 5) is 0. The summed E-state index contributed by atoms with van der Waals surface area (Å²) < 4.78 is 19.9. The number of thioether (sulfide) groups is 1. The van der Waals surface area contributed by atoms with Crippen molar-refractivity contribution in [3.8, 4) is 0 Å². The third-order valence-electron chi connectivity index (χ3n) is 4.22. The lowest BCUT2D eigenvalue weighted by Crippen LogP contribution is -2.65. The van der Waals surface area contributed by atoms with Crippen LogP contribution in [0.4, 0.5) is 4.39 Å². The molecular formula is C14H19FN2OS. The summed E-state index contributed by atoms with van der Waals surface area (Å²) in [6.07, 6.45) is 0.933. The Kier molecular flexibility index (Phi) is 3.55. The maximum atomic E-state index is 14.3. The Morgan fingerprint density at radius 1 is 1.47 bits per heavy atom. The van der Waals surface area contributed by atoms with Gasteiger partial charge in [0, 0.05) is 17.4 Å². The number of hydrogen-bond acceptors (Lipinski definition) is 4. The van der Waals surface area contributed by atoms with Crippen molar-refractivity contribution in [3.05, 3.63) is 35.6 Å². The highest BCUT2D eigenvalue weighted by atomic mass is 32.2. The number of fused-ring (bicyclic) bond motifs is 1. The van der Waals surface area contributed by atoms with Crippen molar-refractivity contribution in [2.24, 2.45) is 11.7 Å². The van der Waals surface area contributed by atoms with Gasteiger partial charge in [0.15, 0.2) is 0 Å². The van der Waals surface area contributed by atoms with Crippen molar-refractivity contribution in [2.45, 2.75) is 29.6 Å². The minimum absolute atomic E-state index is 0.184. The summed E-state index contributed by atoms with van der Waals surface area (Å²) in [5.74, 6) is 0.153. The number of halogens is 1. The van der Waals surface area contributed by atoms with Gasteiger partial charge in [-0.25, -0.2) is 4.39 Å². The van der Waals surface area contributed by atoms with Crippen LogP contribution in [0.2, 0.25) is 0 Å². The van der Waals surface area contributed by atoms with Gasteiger partial charge in [0.1, 0.15) is 11.3 Å². The Bertz CT molecular complexity index is 473. The first-order valence-electron chi connectivity index (χ1n) is 6.65. The van der Waals surface area contributed by atoms with Gasteiger partial charge in [-0.3, -0.25) is 5.32 Å². The SMILES string of the molecule is C[C@H]1SC(N)N[C@@]2(c3ccccc3F)COCCC12. The van der Waals surface area contributed by atoms with Crippen LogP contribution in [-0.2, 0) is 10.3 Å². The molecule has 104 valence electrons. The molecule has 0 radical (unpaired) electrons. The van der Waals surface area contributed by atoms with Gasteiger partial charge in [-0.1, -0.05) is 25.1 Å². The maximum absolute atomic E-state index is 14.3. The second kappa shape index (κ2) is 5.05. The quantitative estimate of drug-likeness (QED) is 0.827. The van der Waals surface area contributed by atoms with Crippen molar-refractivity contribution >= 4 is 11.8 Å². The van der Waals surface area contributed by atoms with Crippen LogP contribution in [0.5, 0.6) is 0 Å². The third kappa shape index (κ3) is 2.18. The molecule has 0 aromatic heterocycles. The molecule has 19 heavy (non-hydrogen) atoms. The summed E-state index contributed by atoms with van der Waals surface area (Å²) in [5, 5.41) is 3.78. The Morgan fingerprint density at radius 3 is 3.05 bits per heavy atom. The van der Waals surface area contributed by atoms with Crippen LogP contribution in [0.1, 0.15) is 18.9 Å². The van der Waals surface area contributed by atoms with Gasteiger partial charge in [0.25, 0.3) is 0 Å². The summed E-state index contributed by atoms with van der Waals surface area (Å²) >= 11 is 1.71. The second-order valence-electron chi connectivity index (χ2n) is 5.31. The monoisotopic (exact) mass is 282 g/mol. The van der Waals surface area contributed by atoms with E-state index in [9.17, 15) is 4.39 Å². The molecule has 0 spiro atoms. The molecule has 4 atom stereocenters. The number of hydrogen-bond donors (Lipinski definition) is 2. The highest BCUT2D eigenvalue weighted by Gasteiger charge is 2.50. The fraction of sp³-hybridized carbons (Fsp3) is 0.571. The fourth-order valence-corrected chi connectivity index (χ4v) is 4.67. The number of ether oxygens (including phenoxy) is 1. The number of benzene rings is 1. The van der Waals surface area contributed by atoms with Crippen LogP contribution in [-0.4, -0.2) is 24.0 Å². The molecule has 2 aliphatic rings. The predicted octanol–water partition coefficient (Wildman–Crippen LogP) is 2.02. The molecule has 0 bridgehead atoms. The molecule has 0 amide bonds. The lowest BCUT2D eigenvalue weighted by molar-refractivity contribution is -0.0296. The highest BCUT2D eigenvalue weighted by Crippen LogP contribution is 2.46. The molecule has 2 heterocycles. The van der Waals surface area contributed by atoms with Crippen LogP contribution in [0.3, 0.4) is 0 Å². The van der Waals surface area contributed by atoms with E-state index in [1.807, 2.05) is 12.1 Å². The Balaban J connectivity index is 2.08. The maximum Gasteiger partial charge on any atom is 0.128 e. The molecule has 1 aromatic carbocycles. The van der Waals surface area contributed by atoms with Gasteiger partial charge in [-0.2, -0.15) is 0 Å². The molecule has 2 aliphatic heterocycles. The molecule has 2 fully saturated rings. The topological polar surface area (TPSA) is 47.3 Å². The molecule has 1 aromatic rings. The minimum atomic E-state index is -0.492. The lowest BCUT2D eigenvalue weighted by atomic mass is 9.73. The molecule has 5 heteroatoms. The van der Waals surface area contributed by atoms with E-state index in [2.05, 4.69) is 12.2 Å². The van der Waals surface area contributed by atoms with Crippen molar-refractivity contribution < 1.29 is 9.13 Å². The van der Waals surface area contributed by atoms with E-state index in [4.69, 9.17) is 10.5 Å². The van der Waals surface area contributed by atoms with Crippen LogP contribution < -0.4 is 11.1 Å². The van der Waals surface area contributed by atoms with E-state index >= 15 is 0 Å². The van der Waals surface area contributed by atoms with Crippen LogP contribution >= 0.6 is 11.8 Å². The molecule has 0 aliphatic carbocycles. The first-order chi connectivity index (χ1) is 9.13. The van der Waals surface area contributed by atoms with Crippen LogP contribution in [0.15, 0.2) is 24.3 Å². The molecule has 2 saturated heterocycles. The average molecular weight is 282 g/mol. The molecule has 3 rings (SSSR count). The van der Waals surface area contributed by atoms with Crippen molar-refractivity contribution in [1.82, 2.24) is 5.32 Å². The Labute approximate surface area is 117 Å². The van der Waals surface area contributed by atoms with Crippen molar-refractivity contribution in [3.63, 3.8) is 0 Å².